The van der Waals surface area contributed by atoms with Crippen LogP contribution in [0, 0.1) is 6.92 Å². The molecule has 1 fully saturated rings. The van der Waals surface area contributed by atoms with Crippen LogP contribution in [-0.4, -0.2) is 55.0 Å². The largest absolute Gasteiger partial charge is 0.340 e. The molecule has 0 aliphatic carbocycles. The Balaban J connectivity index is 0.000000337. The number of hydrogen-bond donors (Lipinski definition) is 2. The first kappa shape index (κ1) is 26.2. The molecule has 0 unspecified atom stereocenters. The summed E-state index contributed by atoms with van der Waals surface area (Å²) in [5.41, 5.74) is 3.96. The third-order valence-corrected chi connectivity index (χ3v) is 4.84. The highest BCUT2D eigenvalue weighted by molar-refractivity contribution is 5.99. The van der Waals surface area contributed by atoms with Gasteiger partial charge in [0.25, 0.3) is 0 Å². The molecule has 0 spiro atoms. The van der Waals surface area contributed by atoms with Crippen molar-refractivity contribution in [1.29, 1.82) is 0 Å². The molecule has 6 nitrogen and oxygen atoms in total. The predicted molar refractivity (Wildman–Crippen MR) is 131 cm³/mol. The maximum absolute atomic E-state index is 11.8. The number of hydrogen-bond acceptors (Lipinski definition) is 3. The first-order chi connectivity index (χ1) is 14.9. The van der Waals surface area contributed by atoms with E-state index in [1.54, 1.807) is 6.92 Å². The number of amides is 3. The molecule has 2 N–H and O–H groups in total. The Morgan fingerprint density at radius 1 is 0.903 bits per heavy atom. The van der Waals surface area contributed by atoms with Crippen molar-refractivity contribution in [1.82, 2.24) is 9.80 Å². The highest BCUT2D eigenvalue weighted by Gasteiger charge is 2.14. The Morgan fingerprint density at radius 3 is 2.00 bits per heavy atom. The number of nitrogens with zero attached hydrogens (tertiary/aromatic N) is 2. The summed E-state index contributed by atoms with van der Waals surface area (Å²) in [5.74, 6) is 0.202. The van der Waals surface area contributed by atoms with Gasteiger partial charge in [-0.2, -0.15) is 0 Å². The van der Waals surface area contributed by atoms with Crippen LogP contribution in [0.2, 0.25) is 0 Å². The number of carbonyl (C=O) groups is 2. The number of likely N-dealkylation sites (N-methyl/N-ethyl adjacent to an activating group) is 1. The molecule has 1 heterocycles. The number of carbonyl (C=O) groups excluding carboxylic acids is 2. The molecule has 1 aliphatic rings. The minimum Gasteiger partial charge on any atom is -0.340 e. The summed E-state index contributed by atoms with van der Waals surface area (Å²) in [6.45, 7) is 13.5. The average molecular weight is 427 g/mol. The maximum atomic E-state index is 11.8. The highest BCUT2D eigenvalue weighted by atomic mass is 16.2. The van der Waals surface area contributed by atoms with Gasteiger partial charge in [0.1, 0.15) is 0 Å². The molecule has 1 aliphatic heterocycles. The van der Waals surface area contributed by atoms with E-state index in [4.69, 9.17) is 0 Å². The van der Waals surface area contributed by atoms with Gasteiger partial charge in [0, 0.05) is 44.5 Å². The van der Waals surface area contributed by atoms with Crippen molar-refractivity contribution in [2.75, 3.05) is 43.9 Å². The van der Waals surface area contributed by atoms with E-state index < -0.39 is 0 Å². The maximum Gasteiger partial charge on any atom is 0.323 e. The molecule has 2 aromatic carbocycles. The topological polar surface area (TPSA) is 64.7 Å². The van der Waals surface area contributed by atoms with E-state index in [9.17, 15) is 9.59 Å². The highest BCUT2D eigenvalue weighted by Crippen LogP contribution is 2.12. The molecule has 6 heteroatoms. The van der Waals surface area contributed by atoms with Gasteiger partial charge in [-0.25, -0.2) is 4.79 Å². The summed E-state index contributed by atoms with van der Waals surface area (Å²) in [6.07, 6.45) is 0.996. The smallest absolute Gasteiger partial charge is 0.323 e. The molecule has 0 aromatic heterocycles. The van der Waals surface area contributed by atoms with Crippen molar-refractivity contribution in [3.8, 4) is 0 Å². The van der Waals surface area contributed by atoms with E-state index >= 15 is 0 Å². The van der Waals surface area contributed by atoms with Gasteiger partial charge in [0.15, 0.2) is 0 Å². The van der Waals surface area contributed by atoms with Gasteiger partial charge in [0.2, 0.25) is 5.91 Å². The molecule has 2 aromatic rings. The second-order valence-corrected chi connectivity index (χ2v) is 7.31. The molecule has 0 bridgehead atoms. The van der Waals surface area contributed by atoms with E-state index in [-0.39, 0.29) is 11.9 Å². The third-order valence-electron chi connectivity index (χ3n) is 4.84. The van der Waals surface area contributed by atoms with Gasteiger partial charge in [-0.1, -0.05) is 45.0 Å². The zero-order valence-electron chi connectivity index (χ0n) is 19.9. The number of nitrogens with one attached hydrogen (secondary N) is 2. The van der Waals surface area contributed by atoms with E-state index in [2.05, 4.69) is 29.5 Å². The number of aryl methyl sites for hydroxylation is 2. The Kier molecular flexibility index (Phi) is 12.0. The Morgan fingerprint density at radius 2 is 1.48 bits per heavy atom. The van der Waals surface area contributed by atoms with Crippen LogP contribution in [-0.2, 0) is 11.2 Å². The minimum absolute atomic E-state index is 0.202. The molecule has 0 atom stereocenters. The lowest BCUT2D eigenvalue weighted by atomic mass is 10.1. The van der Waals surface area contributed by atoms with Gasteiger partial charge in [-0.05, 0) is 55.8 Å². The Labute approximate surface area is 187 Å². The van der Waals surface area contributed by atoms with E-state index in [0.29, 0.717) is 0 Å². The summed E-state index contributed by atoms with van der Waals surface area (Å²) in [6, 6.07) is 15.3. The summed E-state index contributed by atoms with van der Waals surface area (Å²) >= 11 is 0. The fourth-order valence-electron chi connectivity index (χ4n) is 2.96. The number of anilines is 2. The van der Waals surface area contributed by atoms with Gasteiger partial charge >= 0.3 is 6.03 Å². The van der Waals surface area contributed by atoms with E-state index in [1.807, 2.05) is 74.2 Å². The fourth-order valence-corrected chi connectivity index (χ4v) is 2.96. The zero-order valence-corrected chi connectivity index (χ0v) is 19.9. The quantitative estimate of drug-likeness (QED) is 0.725. The molecular formula is C25H38N4O2. The monoisotopic (exact) mass is 426 g/mol. The second-order valence-electron chi connectivity index (χ2n) is 7.31. The lowest BCUT2D eigenvalue weighted by molar-refractivity contribution is -0.130. The van der Waals surface area contributed by atoms with Crippen molar-refractivity contribution in [3.05, 3.63) is 59.7 Å². The summed E-state index contributed by atoms with van der Waals surface area (Å²) in [7, 11) is 2.08. The summed E-state index contributed by atoms with van der Waals surface area (Å²) in [4.78, 5) is 26.8. The fraction of sp³-hybridized carbons (Fsp3) is 0.440. The molecule has 3 rings (SSSR count). The van der Waals surface area contributed by atoms with Crippen molar-refractivity contribution < 1.29 is 9.59 Å². The summed E-state index contributed by atoms with van der Waals surface area (Å²) < 4.78 is 0. The van der Waals surface area contributed by atoms with Gasteiger partial charge in [-0.15, -0.1) is 0 Å². The standard InChI is InChI=1S/C16H18N2O.C7H14N2O.C2H6/c1-3-13-7-9-14(10-8-13)17-16(19)18-15-6-4-5-12(2)11-15;1-7(10)9-5-3-8(2)4-6-9;1-2/h4-11H,3H2,1-2H3,(H2,17,18,19);3-6H2,1-2H3;1-2H3. The van der Waals surface area contributed by atoms with Crippen molar-refractivity contribution >= 4 is 23.3 Å². The Hall–Kier alpha value is -2.86. The first-order valence-electron chi connectivity index (χ1n) is 11.0. The first-order valence-corrected chi connectivity index (χ1v) is 11.0. The zero-order chi connectivity index (χ0) is 23.2. The van der Waals surface area contributed by atoms with Crippen LogP contribution in [0.15, 0.2) is 48.5 Å². The molecule has 1 saturated heterocycles. The van der Waals surface area contributed by atoms with Crippen molar-refractivity contribution in [2.24, 2.45) is 0 Å². The van der Waals surface area contributed by atoms with Crippen molar-refractivity contribution in [3.63, 3.8) is 0 Å². The van der Waals surface area contributed by atoms with Crippen LogP contribution in [0.4, 0.5) is 16.2 Å². The van der Waals surface area contributed by atoms with Crippen molar-refractivity contribution in [2.45, 2.75) is 41.0 Å². The number of rotatable bonds is 3. The number of urea groups is 1. The van der Waals surface area contributed by atoms with Crippen LogP contribution in [0.25, 0.3) is 0 Å². The molecule has 170 valence electrons. The normalized spacial score (nSPS) is 13.2. The molecule has 3 amide bonds. The van der Waals surface area contributed by atoms with Crippen LogP contribution in [0.5, 0.6) is 0 Å². The lowest BCUT2D eigenvalue weighted by Crippen LogP contribution is -2.46. The molecule has 0 radical (unpaired) electrons. The molecule has 0 saturated carbocycles. The lowest BCUT2D eigenvalue weighted by Gasteiger charge is -2.31. The summed E-state index contributed by atoms with van der Waals surface area (Å²) in [5, 5.41) is 5.62. The molecule has 31 heavy (non-hydrogen) atoms. The average Bonchev–Trinajstić information content (AvgIpc) is 2.76. The SMILES string of the molecule is CC.CC(=O)N1CCN(C)CC1.CCc1ccc(NC(=O)Nc2cccc(C)c2)cc1. The van der Waals surface area contributed by atoms with Gasteiger partial charge in [-0.3, -0.25) is 4.79 Å². The van der Waals surface area contributed by atoms with Gasteiger partial charge in [0.05, 0.1) is 0 Å². The predicted octanol–water partition coefficient (Wildman–Crippen LogP) is 5.01. The van der Waals surface area contributed by atoms with Crippen LogP contribution in [0.3, 0.4) is 0 Å². The number of benzene rings is 2. The van der Waals surface area contributed by atoms with Crippen LogP contribution >= 0.6 is 0 Å². The molecular weight excluding hydrogens is 388 g/mol. The van der Waals surface area contributed by atoms with Crippen LogP contribution < -0.4 is 10.6 Å². The van der Waals surface area contributed by atoms with E-state index in [0.717, 1.165) is 49.5 Å². The minimum atomic E-state index is -0.227. The Bertz CT molecular complexity index is 797. The van der Waals surface area contributed by atoms with Gasteiger partial charge < -0.3 is 20.4 Å². The second kappa shape index (κ2) is 14.2. The third kappa shape index (κ3) is 10.1. The van der Waals surface area contributed by atoms with Crippen LogP contribution in [0.1, 0.15) is 38.8 Å². The number of piperazine rings is 1. The van der Waals surface area contributed by atoms with E-state index in [1.165, 1.54) is 5.56 Å².